The molecule has 1 aliphatic heterocycles. The number of hydrogen-bond acceptors (Lipinski definition) is 5. The number of carbonyl (C=O) groups excluding carboxylic acids is 1. The van der Waals surface area contributed by atoms with Crippen LogP contribution in [0.2, 0.25) is 0 Å². The van der Waals surface area contributed by atoms with Crippen LogP contribution in [-0.2, 0) is 4.79 Å². The number of carbonyl (C=O) groups is 1. The van der Waals surface area contributed by atoms with E-state index in [1.807, 2.05) is 48.0 Å². The summed E-state index contributed by atoms with van der Waals surface area (Å²) in [5.74, 6) is 0.794. The molecule has 1 atom stereocenters. The van der Waals surface area contributed by atoms with Gasteiger partial charge in [0.05, 0.1) is 13.2 Å². The molecule has 2 rings (SSSR count). The van der Waals surface area contributed by atoms with Gasteiger partial charge in [-0.2, -0.15) is 0 Å². The lowest BCUT2D eigenvalue weighted by molar-refractivity contribution is -0.137. The lowest BCUT2D eigenvalue weighted by atomic mass is 10.0. The van der Waals surface area contributed by atoms with Crippen molar-refractivity contribution in [2.75, 3.05) is 53.0 Å². The second-order valence-corrected chi connectivity index (χ2v) is 5.65. The summed E-state index contributed by atoms with van der Waals surface area (Å²) in [6.07, 6.45) is 0. The van der Waals surface area contributed by atoms with Crippen LogP contribution in [0.15, 0.2) is 24.3 Å². The first kappa shape index (κ1) is 17.7. The molecule has 0 bridgehead atoms. The molecule has 23 heavy (non-hydrogen) atoms. The van der Waals surface area contributed by atoms with Gasteiger partial charge >= 0.3 is 0 Å². The number of aliphatic hydroxyl groups is 1. The fourth-order valence-corrected chi connectivity index (χ4v) is 2.90. The third kappa shape index (κ3) is 4.43. The summed E-state index contributed by atoms with van der Waals surface area (Å²) in [6.45, 7) is 5.97. The van der Waals surface area contributed by atoms with Crippen LogP contribution in [0, 0.1) is 0 Å². The standard InChI is InChI=1S/C17H27N3O3/c1-3-23-15-7-5-4-6-14(15)16(19(2)12-13-21)17(22)20-10-8-18-9-11-20/h4-7,16,18,21H,3,8-13H2,1-2H3. The van der Waals surface area contributed by atoms with E-state index in [2.05, 4.69) is 5.32 Å². The van der Waals surface area contributed by atoms with Crippen molar-refractivity contribution in [1.82, 2.24) is 15.1 Å². The molecule has 1 unspecified atom stereocenters. The van der Waals surface area contributed by atoms with Crippen LogP contribution in [0.5, 0.6) is 5.75 Å². The molecule has 6 nitrogen and oxygen atoms in total. The van der Waals surface area contributed by atoms with Crippen molar-refractivity contribution in [3.8, 4) is 5.75 Å². The van der Waals surface area contributed by atoms with Crippen molar-refractivity contribution < 1.29 is 14.6 Å². The molecule has 1 amide bonds. The second-order valence-electron chi connectivity index (χ2n) is 5.65. The summed E-state index contributed by atoms with van der Waals surface area (Å²) in [4.78, 5) is 16.9. The molecule has 1 aromatic carbocycles. The first-order chi connectivity index (χ1) is 11.2. The Kier molecular flexibility index (Phi) is 6.83. The number of amides is 1. The Labute approximate surface area is 138 Å². The number of likely N-dealkylation sites (N-methyl/N-ethyl adjacent to an activating group) is 1. The Hall–Kier alpha value is -1.63. The van der Waals surface area contributed by atoms with E-state index in [0.29, 0.717) is 26.2 Å². The highest BCUT2D eigenvalue weighted by atomic mass is 16.5. The minimum absolute atomic E-state index is 0.0125. The number of piperazine rings is 1. The average Bonchev–Trinajstić information content (AvgIpc) is 2.58. The quantitative estimate of drug-likeness (QED) is 0.765. The summed E-state index contributed by atoms with van der Waals surface area (Å²) in [6, 6.07) is 7.21. The fraction of sp³-hybridized carbons (Fsp3) is 0.588. The topological polar surface area (TPSA) is 65.0 Å². The second kappa shape index (κ2) is 8.86. The smallest absolute Gasteiger partial charge is 0.244 e. The van der Waals surface area contributed by atoms with Crippen LogP contribution in [0.4, 0.5) is 0 Å². The molecule has 1 heterocycles. The van der Waals surface area contributed by atoms with E-state index < -0.39 is 6.04 Å². The molecule has 1 fully saturated rings. The molecule has 1 saturated heterocycles. The summed E-state index contributed by atoms with van der Waals surface area (Å²) >= 11 is 0. The monoisotopic (exact) mass is 321 g/mol. The van der Waals surface area contributed by atoms with E-state index in [1.165, 1.54) is 0 Å². The molecule has 0 aliphatic carbocycles. The Morgan fingerprint density at radius 3 is 2.74 bits per heavy atom. The van der Waals surface area contributed by atoms with E-state index in [1.54, 1.807) is 0 Å². The summed E-state index contributed by atoms with van der Waals surface area (Å²) in [5, 5.41) is 12.6. The minimum atomic E-state index is -0.442. The molecule has 0 aromatic heterocycles. The maximum absolute atomic E-state index is 13.1. The van der Waals surface area contributed by atoms with Crippen LogP contribution in [0.25, 0.3) is 0 Å². The number of nitrogens with one attached hydrogen (secondary N) is 1. The Bertz CT molecular complexity index is 504. The fourth-order valence-electron chi connectivity index (χ4n) is 2.90. The normalized spacial score (nSPS) is 16.4. The third-order valence-electron chi connectivity index (χ3n) is 4.07. The maximum atomic E-state index is 13.1. The molecule has 6 heteroatoms. The summed E-state index contributed by atoms with van der Waals surface area (Å²) in [7, 11) is 1.86. The van der Waals surface area contributed by atoms with Gasteiger partial charge in [0.15, 0.2) is 0 Å². The largest absolute Gasteiger partial charge is 0.494 e. The zero-order valence-corrected chi connectivity index (χ0v) is 14.0. The zero-order chi connectivity index (χ0) is 16.7. The predicted molar refractivity (Wildman–Crippen MR) is 89.5 cm³/mol. The van der Waals surface area contributed by atoms with E-state index in [4.69, 9.17) is 4.74 Å². The van der Waals surface area contributed by atoms with Crippen LogP contribution >= 0.6 is 0 Å². The lowest BCUT2D eigenvalue weighted by Crippen LogP contribution is -2.50. The van der Waals surface area contributed by atoms with Crippen molar-refractivity contribution in [2.24, 2.45) is 0 Å². The number of para-hydroxylation sites is 1. The molecule has 128 valence electrons. The molecular formula is C17H27N3O3. The van der Waals surface area contributed by atoms with E-state index in [0.717, 1.165) is 24.4 Å². The first-order valence-corrected chi connectivity index (χ1v) is 8.21. The maximum Gasteiger partial charge on any atom is 0.244 e. The zero-order valence-electron chi connectivity index (χ0n) is 14.0. The Balaban J connectivity index is 2.31. The van der Waals surface area contributed by atoms with Gasteiger partial charge in [0, 0.05) is 38.3 Å². The molecule has 1 aromatic rings. The molecular weight excluding hydrogens is 294 g/mol. The Morgan fingerprint density at radius 2 is 2.09 bits per heavy atom. The van der Waals surface area contributed by atoms with E-state index in [9.17, 15) is 9.90 Å². The average molecular weight is 321 g/mol. The minimum Gasteiger partial charge on any atom is -0.494 e. The van der Waals surface area contributed by atoms with Crippen molar-refractivity contribution in [1.29, 1.82) is 0 Å². The van der Waals surface area contributed by atoms with Crippen molar-refractivity contribution in [3.05, 3.63) is 29.8 Å². The van der Waals surface area contributed by atoms with Gasteiger partial charge in [0.25, 0.3) is 0 Å². The van der Waals surface area contributed by atoms with Gasteiger partial charge in [0.1, 0.15) is 11.8 Å². The van der Waals surface area contributed by atoms with Gasteiger partial charge in [-0.1, -0.05) is 18.2 Å². The van der Waals surface area contributed by atoms with Gasteiger partial charge in [0.2, 0.25) is 5.91 Å². The van der Waals surface area contributed by atoms with Gasteiger partial charge in [-0.3, -0.25) is 9.69 Å². The molecule has 1 aliphatic rings. The van der Waals surface area contributed by atoms with Crippen LogP contribution in [-0.4, -0.2) is 73.8 Å². The van der Waals surface area contributed by atoms with Crippen LogP contribution in [0.1, 0.15) is 18.5 Å². The van der Waals surface area contributed by atoms with Crippen LogP contribution in [0.3, 0.4) is 0 Å². The van der Waals surface area contributed by atoms with E-state index >= 15 is 0 Å². The molecule has 0 radical (unpaired) electrons. The van der Waals surface area contributed by atoms with Crippen molar-refractivity contribution in [3.63, 3.8) is 0 Å². The number of rotatable bonds is 7. The highest BCUT2D eigenvalue weighted by Crippen LogP contribution is 2.30. The third-order valence-corrected chi connectivity index (χ3v) is 4.07. The lowest BCUT2D eigenvalue weighted by Gasteiger charge is -2.35. The van der Waals surface area contributed by atoms with E-state index in [-0.39, 0.29) is 12.5 Å². The van der Waals surface area contributed by atoms with Gasteiger partial charge < -0.3 is 20.1 Å². The van der Waals surface area contributed by atoms with Crippen LogP contribution < -0.4 is 10.1 Å². The molecule has 0 spiro atoms. The van der Waals surface area contributed by atoms with Gasteiger partial charge in [-0.25, -0.2) is 0 Å². The van der Waals surface area contributed by atoms with Crippen molar-refractivity contribution >= 4 is 5.91 Å². The summed E-state index contributed by atoms with van der Waals surface area (Å²) in [5.41, 5.74) is 0.855. The number of ether oxygens (including phenoxy) is 1. The molecule has 2 N–H and O–H groups in total. The first-order valence-electron chi connectivity index (χ1n) is 8.21. The highest BCUT2D eigenvalue weighted by molar-refractivity contribution is 5.84. The van der Waals surface area contributed by atoms with Gasteiger partial charge in [-0.15, -0.1) is 0 Å². The molecule has 0 saturated carbocycles. The summed E-state index contributed by atoms with van der Waals surface area (Å²) < 4.78 is 5.71. The SMILES string of the molecule is CCOc1ccccc1C(C(=O)N1CCNCC1)N(C)CCO. The number of nitrogens with zero attached hydrogens (tertiary/aromatic N) is 2. The Morgan fingerprint density at radius 1 is 1.39 bits per heavy atom. The number of benzene rings is 1. The predicted octanol–water partition coefficient (Wildman–Crippen LogP) is 0.482. The number of hydrogen-bond donors (Lipinski definition) is 2. The van der Waals surface area contributed by atoms with Crippen molar-refractivity contribution in [2.45, 2.75) is 13.0 Å². The number of aliphatic hydroxyl groups excluding tert-OH is 1. The van der Waals surface area contributed by atoms with Gasteiger partial charge in [-0.05, 0) is 20.0 Å². The highest BCUT2D eigenvalue weighted by Gasteiger charge is 2.31.